The first-order valence-electron chi connectivity index (χ1n) is 14.2. The van der Waals surface area contributed by atoms with Crippen LogP contribution in [-0.4, -0.2) is 40.1 Å². The van der Waals surface area contributed by atoms with Gasteiger partial charge in [-0.2, -0.15) is 0 Å². The topological polar surface area (TPSA) is 94.2 Å². The molecule has 4 fully saturated rings. The summed E-state index contributed by atoms with van der Waals surface area (Å²) in [6.07, 6.45) is 8.78. The van der Waals surface area contributed by atoms with E-state index in [4.69, 9.17) is 0 Å². The van der Waals surface area contributed by atoms with Crippen molar-refractivity contribution < 1.29 is 14.7 Å². The van der Waals surface area contributed by atoms with Crippen molar-refractivity contribution in [1.29, 1.82) is 0 Å². The van der Waals surface area contributed by atoms with Crippen LogP contribution in [0.25, 0.3) is 10.9 Å². The number of benzene rings is 2. The van der Waals surface area contributed by atoms with Crippen LogP contribution in [0.5, 0.6) is 0 Å². The standard InChI is InChI=1S/C32H39N3O3/c1-32(17-25-18-33-28-10-6-5-9-27(25)28,31(38)34-26(19-36)16-20-7-3-2-4-8-20)35-30(37)29-23-12-21-11-22(14-23)15-24(29)13-21/h2-10,18,21-24,26,29,33,36H,11-17,19H2,1H3,(H,34,38)(H,35,37)/t21?,22?,23?,24?,26-,29?,32+/m0/s1. The summed E-state index contributed by atoms with van der Waals surface area (Å²) < 4.78 is 0. The van der Waals surface area contributed by atoms with E-state index in [0.717, 1.165) is 59.5 Å². The summed E-state index contributed by atoms with van der Waals surface area (Å²) in [6, 6.07) is 17.5. The third-order valence-electron chi connectivity index (χ3n) is 9.53. The Morgan fingerprint density at radius 3 is 2.32 bits per heavy atom. The summed E-state index contributed by atoms with van der Waals surface area (Å²) in [7, 11) is 0. The smallest absolute Gasteiger partial charge is 0.246 e. The maximum Gasteiger partial charge on any atom is 0.246 e. The molecule has 3 aromatic rings. The van der Waals surface area contributed by atoms with Crippen molar-refractivity contribution in [3.05, 3.63) is 71.9 Å². The molecule has 0 unspecified atom stereocenters. The lowest BCUT2D eigenvalue weighted by Gasteiger charge is -2.54. The van der Waals surface area contributed by atoms with Gasteiger partial charge < -0.3 is 20.7 Å². The van der Waals surface area contributed by atoms with E-state index in [9.17, 15) is 14.7 Å². The SMILES string of the molecule is C[C@](Cc1c[nH]c2ccccc12)(NC(=O)C1C2CC3CC(C2)CC1C3)C(=O)N[C@H](CO)Cc1ccccc1. The fourth-order valence-corrected chi connectivity index (χ4v) is 7.95. The van der Waals surface area contributed by atoms with Crippen LogP contribution in [0, 0.1) is 29.6 Å². The molecular weight excluding hydrogens is 474 g/mol. The van der Waals surface area contributed by atoms with E-state index in [1.807, 2.05) is 67.7 Å². The number of carbonyl (C=O) groups excluding carboxylic acids is 2. The molecule has 38 heavy (non-hydrogen) atoms. The summed E-state index contributed by atoms with van der Waals surface area (Å²) in [5.41, 5.74) is 1.89. The molecule has 6 heteroatoms. The summed E-state index contributed by atoms with van der Waals surface area (Å²) in [6.45, 7) is 1.67. The first kappa shape index (κ1) is 25.2. The van der Waals surface area contributed by atoms with Crippen molar-refractivity contribution in [1.82, 2.24) is 15.6 Å². The molecule has 0 radical (unpaired) electrons. The van der Waals surface area contributed by atoms with Crippen molar-refractivity contribution in [2.24, 2.45) is 29.6 Å². The molecule has 7 rings (SSSR count). The second-order valence-electron chi connectivity index (χ2n) is 12.4. The zero-order valence-corrected chi connectivity index (χ0v) is 22.2. The average Bonchev–Trinajstić information content (AvgIpc) is 3.30. The molecule has 4 bridgehead atoms. The lowest BCUT2D eigenvalue weighted by atomic mass is 9.51. The minimum atomic E-state index is -1.15. The Labute approximate surface area is 224 Å². The number of para-hydroxylation sites is 1. The van der Waals surface area contributed by atoms with E-state index in [1.54, 1.807) is 0 Å². The van der Waals surface area contributed by atoms with Gasteiger partial charge in [-0.05, 0) is 86.3 Å². The molecule has 4 aliphatic carbocycles. The molecule has 1 heterocycles. The van der Waals surface area contributed by atoms with Gasteiger partial charge in [0.05, 0.1) is 12.6 Å². The molecular formula is C32H39N3O3. The highest BCUT2D eigenvalue weighted by Gasteiger charge is 2.52. The Morgan fingerprint density at radius 2 is 1.63 bits per heavy atom. The molecule has 2 aromatic carbocycles. The summed E-state index contributed by atoms with van der Waals surface area (Å²) in [5, 5.41) is 17.5. The predicted octanol–water partition coefficient (Wildman–Crippen LogP) is 4.38. The van der Waals surface area contributed by atoms with Crippen LogP contribution in [0.4, 0.5) is 0 Å². The highest BCUT2D eigenvalue weighted by molar-refractivity contribution is 5.93. The highest BCUT2D eigenvalue weighted by atomic mass is 16.3. The number of fused-ring (bicyclic) bond motifs is 1. The zero-order chi connectivity index (χ0) is 26.3. The van der Waals surface area contributed by atoms with E-state index in [1.165, 1.54) is 6.42 Å². The van der Waals surface area contributed by atoms with Gasteiger partial charge in [0.2, 0.25) is 11.8 Å². The largest absolute Gasteiger partial charge is 0.394 e. The van der Waals surface area contributed by atoms with E-state index in [2.05, 4.69) is 15.6 Å². The molecule has 0 saturated heterocycles. The predicted molar refractivity (Wildman–Crippen MR) is 148 cm³/mol. The molecule has 4 aliphatic rings. The quantitative estimate of drug-likeness (QED) is 0.342. The van der Waals surface area contributed by atoms with Gasteiger partial charge in [-0.3, -0.25) is 9.59 Å². The molecule has 6 nitrogen and oxygen atoms in total. The van der Waals surface area contributed by atoms with Crippen LogP contribution >= 0.6 is 0 Å². The number of amides is 2. The minimum absolute atomic E-state index is 0.00384. The Bertz CT molecular complexity index is 1270. The van der Waals surface area contributed by atoms with Gasteiger partial charge in [0, 0.05) is 29.4 Å². The van der Waals surface area contributed by atoms with Crippen LogP contribution in [0.3, 0.4) is 0 Å². The molecule has 2 amide bonds. The number of carbonyl (C=O) groups is 2. The van der Waals surface area contributed by atoms with Gasteiger partial charge in [-0.15, -0.1) is 0 Å². The number of hydrogen-bond acceptors (Lipinski definition) is 3. The number of nitrogens with one attached hydrogen (secondary N) is 3. The van der Waals surface area contributed by atoms with E-state index >= 15 is 0 Å². The zero-order valence-electron chi connectivity index (χ0n) is 22.2. The number of H-pyrrole nitrogens is 1. The van der Waals surface area contributed by atoms with Crippen LogP contribution in [-0.2, 0) is 22.4 Å². The van der Waals surface area contributed by atoms with Gasteiger partial charge >= 0.3 is 0 Å². The van der Waals surface area contributed by atoms with Gasteiger partial charge in [0.1, 0.15) is 5.54 Å². The molecule has 2 atom stereocenters. The van der Waals surface area contributed by atoms with Crippen molar-refractivity contribution in [3.8, 4) is 0 Å². The summed E-state index contributed by atoms with van der Waals surface area (Å²) in [5.74, 6) is 2.21. The number of aliphatic hydroxyl groups excluding tert-OH is 1. The van der Waals surface area contributed by atoms with Crippen LogP contribution < -0.4 is 10.6 Å². The Kier molecular flexibility index (Phi) is 6.77. The Morgan fingerprint density at radius 1 is 0.974 bits per heavy atom. The van der Waals surface area contributed by atoms with E-state index in [0.29, 0.717) is 24.7 Å². The molecule has 0 aliphatic heterocycles. The number of aromatic nitrogens is 1. The van der Waals surface area contributed by atoms with E-state index < -0.39 is 11.6 Å². The highest BCUT2D eigenvalue weighted by Crippen LogP contribution is 2.56. The van der Waals surface area contributed by atoms with Gasteiger partial charge in [-0.25, -0.2) is 0 Å². The molecule has 0 spiro atoms. The van der Waals surface area contributed by atoms with Gasteiger partial charge in [-0.1, -0.05) is 48.5 Å². The molecule has 1 aromatic heterocycles. The third kappa shape index (κ3) is 4.86. The van der Waals surface area contributed by atoms with Crippen molar-refractivity contribution in [2.75, 3.05) is 6.61 Å². The van der Waals surface area contributed by atoms with Crippen molar-refractivity contribution in [3.63, 3.8) is 0 Å². The van der Waals surface area contributed by atoms with Crippen LogP contribution in [0.1, 0.15) is 50.2 Å². The number of hydrogen-bond donors (Lipinski definition) is 4. The van der Waals surface area contributed by atoms with Crippen molar-refractivity contribution in [2.45, 2.75) is 63.5 Å². The normalized spacial score (nSPS) is 28.1. The van der Waals surface area contributed by atoms with Gasteiger partial charge in [0.15, 0.2) is 0 Å². The number of aliphatic hydroxyl groups is 1. The van der Waals surface area contributed by atoms with Crippen LogP contribution in [0.2, 0.25) is 0 Å². The number of aromatic amines is 1. The average molecular weight is 514 g/mol. The maximum absolute atomic E-state index is 14.0. The fraction of sp³-hybridized carbons (Fsp3) is 0.500. The molecule has 4 saturated carbocycles. The fourth-order valence-electron chi connectivity index (χ4n) is 7.95. The Balaban J connectivity index is 1.25. The monoisotopic (exact) mass is 513 g/mol. The van der Waals surface area contributed by atoms with E-state index in [-0.39, 0.29) is 24.3 Å². The summed E-state index contributed by atoms with van der Waals surface area (Å²) >= 11 is 0. The lowest BCUT2D eigenvalue weighted by Crippen LogP contribution is -2.63. The number of rotatable bonds is 9. The first-order valence-corrected chi connectivity index (χ1v) is 14.2. The van der Waals surface area contributed by atoms with Crippen LogP contribution in [0.15, 0.2) is 60.8 Å². The Hall–Kier alpha value is -3.12. The summed E-state index contributed by atoms with van der Waals surface area (Å²) in [4.78, 5) is 31.2. The maximum atomic E-state index is 14.0. The van der Waals surface area contributed by atoms with Gasteiger partial charge in [0.25, 0.3) is 0 Å². The first-order chi connectivity index (χ1) is 18.4. The lowest BCUT2D eigenvalue weighted by molar-refractivity contribution is -0.144. The third-order valence-corrected chi connectivity index (χ3v) is 9.53. The molecule has 200 valence electrons. The second-order valence-corrected chi connectivity index (χ2v) is 12.4. The van der Waals surface area contributed by atoms with Crippen molar-refractivity contribution >= 4 is 22.7 Å². The minimum Gasteiger partial charge on any atom is -0.394 e. The second kappa shape index (κ2) is 10.2. The molecule has 4 N–H and O–H groups in total.